The van der Waals surface area contributed by atoms with Crippen molar-refractivity contribution >= 4 is 5.91 Å². The summed E-state index contributed by atoms with van der Waals surface area (Å²) in [5, 5.41) is 9.64. The van der Waals surface area contributed by atoms with Crippen molar-refractivity contribution in [3.8, 4) is 0 Å². The highest BCUT2D eigenvalue weighted by atomic mass is 19.4. The van der Waals surface area contributed by atoms with Gasteiger partial charge in [0.25, 0.3) is 5.91 Å². The van der Waals surface area contributed by atoms with E-state index in [2.05, 4.69) is 4.98 Å². The zero-order valence-electron chi connectivity index (χ0n) is 10.0. The van der Waals surface area contributed by atoms with Gasteiger partial charge in [-0.15, -0.1) is 0 Å². The van der Waals surface area contributed by atoms with Crippen molar-refractivity contribution < 1.29 is 23.1 Å². The first kappa shape index (κ1) is 13.8. The number of likely N-dealkylation sites (tertiary alicyclic amines) is 1. The van der Waals surface area contributed by atoms with Gasteiger partial charge in [-0.25, -0.2) is 0 Å². The maximum atomic E-state index is 12.8. The molecule has 7 heteroatoms. The monoisotopic (exact) mass is 274 g/mol. The molecule has 19 heavy (non-hydrogen) atoms. The molecular weight excluding hydrogens is 261 g/mol. The van der Waals surface area contributed by atoms with Crippen LogP contribution in [0.15, 0.2) is 24.5 Å². The number of nitrogens with zero attached hydrogens (tertiary/aromatic N) is 2. The molecule has 0 aromatic carbocycles. The Morgan fingerprint density at radius 2 is 2.00 bits per heavy atom. The summed E-state index contributed by atoms with van der Waals surface area (Å²) >= 11 is 0. The largest absolute Gasteiger partial charge is 0.418 e. The van der Waals surface area contributed by atoms with Crippen molar-refractivity contribution in [3.05, 3.63) is 30.1 Å². The third-order valence-electron chi connectivity index (χ3n) is 3.21. The zero-order chi connectivity index (χ0) is 14.1. The zero-order valence-corrected chi connectivity index (χ0v) is 10.0. The predicted molar refractivity (Wildman–Crippen MR) is 60.4 cm³/mol. The van der Waals surface area contributed by atoms with E-state index in [1.165, 1.54) is 24.5 Å². The van der Waals surface area contributed by atoms with Crippen LogP contribution in [0, 0.1) is 0 Å². The van der Waals surface area contributed by atoms with Crippen molar-refractivity contribution in [2.45, 2.75) is 24.6 Å². The van der Waals surface area contributed by atoms with Crippen molar-refractivity contribution in [1.82, 2.24) is 9.88 Å². The number of piperidine rings is 1. The van der Waals surface area contributed by atoms with E-state index in [0.29, 0.717) is 0 Å². The molecule has 1 amide bonds. The Balaban J connectivity index is 2.16. The molecule has 104 valence electrons. The van der Waals surface area contributed by atoms with Crippen LogP contribution in [0.2, 0.25) is 0 Å². The van der Waals surface area contributed by atoms with E-state index in [1.807, 2.05) is 0 Å². The number of halogens is 3. The average molecular weight is 274 g/mol. The maximum absolute atomic E-state index is 12.8. The Morgan fingerprint density at radius 1 is 1.37 bits per heavy atom. The molecular formula is C12H13F3N2O2. The van der Waals surface area contributed by atoms with Crippen molar-refractivity contribution in [2.24, 2.45) is 0 Å². The summed E-state index contributed by atoms with van der Waals surface area (Å²) in [6.45, 7) is -0.517. The lowest BCUT2D eigenvalue weighted by Gasteiger charge is -2.40. The second-order valence-corrected chi connectivity index (χ2v) is 4.60. The third-order valence-corrected chi connectivity index (χ3v) is 3.21. The third kappa shape index (κ3) is 2.70. The minimum atomic E-state index is -4.73. The van der Waals surface area contributed by atoms with E-state index in [4.69, 9.17) is 0 Å². The molecule has 1 fully saturated rings. The number of carbonyl (C=O) groups excluding carboxylic acids is 1. The molecule has 1 aliphatic rings. The number of β-amino-alcohol motifs (C(OH)–C–C–N with tert-alkyl or cyclic N) is 1. The highest BCUT2D eigenvalue weighted by molar-refractivity contribution is 5.94. The average Bonchev–Trinajstić information content (AvgIpc) is 2.38. The van der Waals surface area contributed by atoms with Crippen LogP contribution in [0.1, 0.15) is 23.2 Å². The summed E-state index contributed by atoms with van der Waals surface area (Å²) in [5.74, 6) is -0.523. The Labute approximate surface area is 107 Å². The fourth-order valence-electron chi connectivity index (χ4n) is 2.12. The molecule has 1 aromatic rings. The number of rotatable bonds is 1. The van der Waals surface area contributed by atoms with Crippen molar-refractivity contribution in [2.75, 3.05) is 13.1 Å². The fourth-order valence-corrected chi connectivity index (χ4v) is 2.12. The minimum absolute atomic E-state index is 0.118. The van der Waals surface area contributed by atoms with E-state index in [-0.39, 0.29) is 24.9 Å². The Bertz CT molecular complexity index is 464. The van der Waals surface area contributed by atoms with Gasteiger partial charge in [0.15, 0.2) is 5.60 Å². The lowest BCUT2D eigenvalue weighted by Crippen LogP contribution is -2.58. The molecule has 0 radical (unpaired) electrons. The molecule has 0 saturated carbocycles. The van der Waals surface area contributed by atoms with Crippen LogP contribution in [0.4, 0.5) is 13.2 Å². The summed E-state index contributed by atoms with van der Waals surface area (Å²) in [6.07, 6.45) is -2.20. The fraction of sp³-hybridized carbons (Fsp3) is 0.500. The highest BCUT2D eigenvalue weighted by Gasteiger charge is 2.55. The van der Waals surface area contributed by atoms with Gasteiger partial charge in [0.1, 0.15) is 0 Å². The van der Waals surface area contributed by atoms with E-state index < -0.39 is 24.2 Å². The van der Waals surface area contributed by atoms with Gasteiger partial charge in [-0.2, -0.15) is 13.2 Å². The predicted octanol–water partition coefficient (Wildman–Crippen LogP) is 1.61. The molecule has 0 aliphatic carbocycles. The molecule has 1 saturated heterocycles. The normalized spacial score (nSPS) is 24.3. The number of hydrogen-bond acceptors (Lipinski definition) is 3. The molecule has 0 unspecified atom stereocenters. The second kappa shape index (κ2) is 4.80. The molecule has 1 N–H and O–H groups in total. The van der Waals surface area contributed by atoms with Crippen LogP contribution >= 0.6 is 0 Å². The van der Waals surface area contributed by atoms with Crippen molar-refractivity contribution in [3.63, 3.8) is 0 Å². The van der Waals surface area contributed by atoms with Gasteiger partial charge in [-0.05, 0) is 25.0 Å². The minimum Gasteiger partial charge on any atom is -0.379 e. The van der Waals surface area contributed by atoms with Gasteiger partial charge < -0.3 is 10.0 Å². The molecule has 2 heterocycles. The summed E-state index contributed by atoms with van der Waals surface area (Å²) in [6, 6.07) is 2.87. The Hall–Kier alpha value is -1.63. The Kier molecular flexibility index (Phi) is 3.49. The quantitative estimate of drug-likeness (QED) is 0.846. The molecule has 4 nitrogen and oxygen atoms in total. The van der Waals surface area contributed by atoms with E-state index >= 15 is 0 Å². The lowest BCUT2D eigenvalue weighted by molar-refractivity contribution is -0.271. The maximum Gasteiger partial charge on any atom is 0.418 e. The van der Waals surface area contributed by atoms with Gasteiger partial charge >= 0.3 is 6.18 Å². The van der Waals surface area contributed by atoms with Gasteiger partial charge in [-0.1, -0.05) is 0 Å². The number of carbonyl (C=O) groups is 1. The number of alkyl halides is 3. The molecule has 2 rings (SSSR count). The number of hydrogen-bond donors (Lipinski definition) is 1. The first-order valence-corrected chi connectivity index (χ1v) is 5.82. The number of amides is 1. The molecule has 0 spiro atoms. The van der Waals surface area contributed by atoms with Gasteiger partial charge in [-0.3, -0.25) is 9.78 Å². The summed E-state index contributed by atoms with van der Waals surface area (Å²) in [4.78, 5) is 16.8. The molecule has 1 aromatic heterocycles. The van der Waals surface area contributed by atoms with E-state index in [0.717, 1.165) is 4.90 Å². The number of aliphatic hydroxyl groups is 1. The Morgan fingerprint density at radius 3 is 2.58 bits per heavy atom. The topological polar surface area (TPSA) is 53.4 Å². The first-order chi connectivity index (χ1) is 8.83. The summed E-state index contributed by atoms with van der Waals surface area (Å²) in [7, 11) is 0. The molecule has 0 bridgehead atoms. The SMILES string of the molecule is O=C(c1ccncc1)N1CCC[C@](O)(C(F)(F)F)C1. The molecule has 1 aliphatic heterocycles. The number of pyridine rings is 1. The van der Waals surface area contributed by atoms with Crippen molar-refractivity contribution in [1.29, 1.82) is 0 Å². The first-order valence-electron chi connectivity index (χ1n) is 5.82. The lowest BCUT2D eigenvalue weighted by atomic mass is 9.92. The van der Waals surface area contributed by atoms with Crippen LogP contribution in [0.5, 0.6) is 0 Å². The van der Waals surface area contributed by atoms with E-state index in [1.54, 1.807) is 0 Å². The second-order valence-electron chi connectivity index (χ2n) is 4.60. The van der Waals surface area contributed by atoms with Crippen LogP contribution in [0.25, 0.3) is 0 Å². The summed E-state index contributed by atoms with van der Waals surface area (Å²) in [5.41, 5.74) is -2.55. The van der Waals surface area contributed by atoms with Crippen LogP contribution in [-0.4, -0.2) is 45.8 Å². The van der Waals surface area contributed by atoms with Crippen LogP contribution in [-0.2, 0) is 0 Å². The van der Waals surface area contributed by atoms with Crippen LogP contribution < -0.4 is 0 Å². The van der Waals surface area contributed by atoms with Gasteiger partial charge in [0.2, 0.25) is 0 Å². The number of aromatic nitrogens is 1. The highest BCUT2D eigenvalue weighted by Crippen LogP contribution is 2.37. The standard InChI is InChI=1S/C12H13F3N2O2/c13-12(14,15)11(19)4-1-7-17(8-11)10(18)9-2-5-16-6-3-9/h2-3,5-6,19H,1,4,7-8H2/t11-/m1/s1. The summed E-state index contributed by atoms with van der Waals surface area (Å²) < 4.78 is 38.3. The van der Waals surface area contributed by atoms with Gasteiger partial charge in [0.05, 0.1) is 6.54 Å². The van der Waals surface area contributed by atoms with Gasteiger partial charge in [0, 0.05) is 24.5 Å². The smallest absolute Gasteiger partial charge is 0.379 e. The van der Waals surface area contributed by atoms with E-state index in [9.17, 15) is 23.1 Å². The van der Waals surface area contributed by atoms with Crippen LogP contribution in [0.3, 0.4) is 0 Å². The molecule has 1 atom stereocenters.